The molecule has 0 aliphatic carbocycles. The first-order valence-corrected chi connectivity index (χ1v) is 10.3. The van der Waals surface area contributed by atoms with Crippen LogP contribution < -0.4 is 0 Å². The van der Waals surface area contributed by atoms with E-state index in [1.165, 1.54) is 18.1 Å². The smallest absolute Gasteiger partial charge is 0.253 e. The van der Waals surface area contributed by atoms with E-state index in [2.05, 4.69) is 30.2 Å². The van der Waals surface area contributed by atoms with Gasteiger partial charge >= 0.3 is 0 Å². The molecule has 0 radical (unpaired) electrons. The SMILES string of the molecule is Cc1cc(Sc2nnc(-c3ccncc3)n2-c2cccc(Cl)c2C)n2ncnc2n1. The second kappa shape index (κ2) is 7.51. The van der Waals surface area contributed by atoms with Crippen molar-refractivity contribution in [3.05, 3.63) is 71.4 Å². The number of aromatic nitrogens is 8. The van der Waals surface area contributed by atoms with Gasteiger partial charge < -0.3 is 0 Å². The van der Waals surface area contributed by atoms with E-state index in [0.717, 1.165) is 27.5 Å². The molecule has 0 N–H and O–H groups in total. The Morgan fingerprint density at radius 3 is 2.70 bits per heavy atom. The highest BCUT2D eigenvalue weighted by Gasteiger charge is 2.20. The number of fused-ring (bicyclic) bond motifs is 1. The number of pyridine rings is 1. The van der Waals surface area contributed by atoms with E-state index in [1.807, 2.05) is 54.8 Å². The summed E-state index contributed by atoms with van der Waals surface area (Å²) in [5.41, 5.74) is 3.59. The minimum absolute atomic E-state index is 0.539. The minimum atomic E-state index is 0.539. The summed E-state index contributed by atoms with van der Waals surface area (Å²) in [4.78, 5) is 12.7. The van der Waals surface area contributed by atoms with Gasteiger partial charge in [-0.15, -0.1) is 10.2 Å². The van der Waals surface area contributed by atoms with Crippen LogP contribution in [0.15, 0.2) is 65.3 Å². The predicted molar refractivity (Wildman–Crippen MR) is 114 cm³/mol. The fourth-order valence-electron chi connectivity index (χ4n) is 3.14. The van der Waals surface area contributed by atoms with Crippen molar-refractivity contribution < 1.29 is 0 Å². The Morgan fingerprint density at radius 1 is 1.03 bits per heavy atom. The molecule has 0 amide bonds. The Hall–Kier alpha value is -3.30. The van der Waals surface area contributed by atoms with Gasteiger partial charge in [0.2, 0.25) is 5.16 Å². The minimum Gasteiger partial charge on any atom is -0.269 e. The van der Waals surface area contributed by atoms with Crippen LogP contribution in [-0.4, -0.2) is 39.3 Å². The van der Waals surface area contributed by atoms with Crippen molar-refractivity contribution in [2.75, 3.05) is 0 Å². The molecule has 0 saturated heterocycles. The van der Waals surface area contributed by atoms with Crippen LogP contribution in [0.3, 0.4) is 0 Å². The van der Waals surface area contributed by atoms with Gasteiger partial charge in [-0.05, 0) is 61.5 Å². The molecule has 0 aliphatic heterocycles. The Labute approximate surface area is 181 Å². The zero-order valence-electron chi connectivity index (χ0n) is 16.1. The highest BCUT2D eigenvalue weighted by Crippen LogP contribution is 2.34. The van der Waals surface area contributed by atoms with E-state index in [9.17, 15) is 0 Å². The van der Waals surface area contributed by atoms with Crippen LogP contribution in [0.4, 0.5) is 0 Å². The van der Waals surface area contributed by atoms with Crippen molar-refractivity contribution in [1.82, 2.24) is 39.3 Å². The van der Waals surface area contributed by atoms with Gasteiger partial charge in [0.1, 0.15) is 11.4 Å². The third kappa shape index (κ3) is 3.21. The Bertz CT molecular complexity index is 1360. The Balaban J connectivity index is 1.72. The third-order valence-corrected chi connectivity index (χ3v) is 5.95. The molecular formula is C20H15ClN8S. The number of benzene rings is 1. The van der Waals surface area contributed by atoms with Gasteiger partial charge in [0.05, 0.1) is 5.69 Å². The van der Waals surface area contributed by atoms with Gasteiger partial charge in [-0.25, -0.2) is 4.98 Å². The van der Waals surface area contributed by atoms with Crippen molar-refractivity contribution >= 4 is 29.1 Å². The molecule has 5 aromatic rings. The number of hydrogen-bond donors (Lipinski definition) is 0. The molecule has 0 bridgehead atoms. The lowest BCUT2D eigenvalue weighted by molar-refractivity contribution is 0.820. The van der Waals surface area contributed by atoms with Gasteiger partial charge in [-0.3, -0.25) is 9.55 Å². The third-order valence-electron chi connectivity index (χ3n) is 4.59. The fraction of sp³-hybridized carbons (Fsp3) is 0.100. The predicted octanol–water partition coefficient (Wildman–Crippen LogP) is 4.19. The Morgan fingerprint density at radius 2 is 1.87 bits per heavy atom. The van der Waals surface area contributed by atoms with Crippen molar-refractivity contribution in [2.24, 2.45) is 0 Å². The van der Waals surface area contributed by atoms with Gasteiger partial charge in [0, 0.05) is 28.7 Å². The Kier molecular flexibility index (Phi) is 4.68. The van der Waals surface area contributed by atoms with Crippen molar-refractivity contribution in [1.29, 1.82) is 0 Å². The molecule has 0 saturated carbocycles. The zero-order chi connectivity index (χ0) is 20.7. The second-order valence-corrected chi connectivity index (χ2v) is 7.97. The monoisotopic (exact) mass is 434 g/mol. The topological polar surface area (TPSA) is 86.7 Å². The molecule has 4 aromatic heterocycles. The lowest BCUT2D eigenvalue weighted by Crippen LogP contribution is -2.03. The van der Waals surface area contributed by atoms with Crippen LogP contribution >= 0.6 is 23.4 Å². The summed E-state index contributed by atoms with van der Waals surface area (Å²) >= 11 is 7.86. The largest absolute Gasteiger partial charge is 0.269 e. The number of hydrogen-bond acceptors (Lipinski definition) is 7. The maximum absolute atomic E-state index is 6.42. The molecule has 5 rings (SSSR count). The normalized spacial score (nSPS) is 11.3. The molecule has 10 heteroatoms. The van der Waals surface area contributed by atoms with Crippen molar-refractivity contribution in [3.63, 3.8) is 0 Å². The lowest BCUT2D eigenvalue weighted by atomic mass is 10.2. The van der Waals surface area contributed by atoms with Crippen LogP contribution in [0.25, 0.3) is 22.9 Å². The molecular weight excluding hydrogens is 420 g/mol. The van der Waals surface area contributed by atoms with Gasteiger partial charge in [-0.2, -0.15) is 14.6 Å². The van der Waals surface area contributed by atoms with E-state index >= 15 is 0 Å². The highest BCUT2D eigenvalue weighted by molar-refractivity contribution is 7.99. The summed E-state index contributed by atoms with van der Waals surface area (Å²) in [6, 6.07) is 11.5. The van der Waals surface area contributed by atoms with Crippen LogP contribution in [0.2, 0.25) is 5.02 Å². The molecule has 4 heterocycles. The van der Waals surface area contributed by atoms with Crippen LogP contribution in [0, 0.1) is 13.8 Å². The average Bonchev–Trinajstić information content (AvgIpc) is 3.38. The second-order valence-electron chi connectivity index (χ2n) is 6.57. The summed E-state index contributed by atoms with van der Waals surface area (Å²) in [5, 5.41) is 15.4. The zero-order valence-corrected chi connectivity index (χ0v) is 17.6. The number of rotatable bonds is 4. The van der Waals surface area contributed by atoms with Gasteiger partial charge in [-0.1, -0.05) is 17.7 Å². The average molecular weight is 435 g/mol. The summed E-state index contributed by atoms with van der Waals surface area (Å²) in [5.74, 6) is 1.24. The maximum Gasteiger partial charge on any atom is 0.253 e. The molecule has 1 aromatic carbocycles. The molecule has 0 fully saturated rings. The van der Waals surface area contributed by atoms with Crippen molar-refractivity contribution in [3.8, 4) is 17.1 Å². The van der Waals surface area contributed by atoms with Gasteiger partial charge in [0.25, 0.3) is 5.78 Å². The van der Waals surface area contributed by atoms with Gasteiger partial charge in [0.15, 0.2) is 5.82 Å². The van der Waals surface area contributed by atoms with E-state index in [4.69, 9.17) is 11.6 Å². The molecule has 0 spiro atoms. The summed E-state index contributed by atoms with van der Waals surface area (Å²) in [6.07, 6.45) is 4.95. The quantitative estimate of drug-likeness (QED) is 0.392. The molecule has 148 valence electrons. The van der Waals surface area contributed by atoms with E-state index in [-0.39, 0.29) is 0 Å². The molecule has 8 nitrogen and oxygen atoms in total. The number of nitrogens with zero attached hydrogens (tertiary/aromatic N) is 8. The van der Waals surface area contributed by atoms with E-state index in [1.54, 1.807) is 16.9 Å². The molecule has 0 atom stereocenters. The first-order chi connectivity index (χ1) is 14.6. The molecule has 30 heavy (non-hydrogen) atoms. The lowest BCUT2D eigenvalue weighted by Gasteiger charge is -2.14. The maximum atomic E-state index is 6.42. The van der Waals surface area contributed by atoms with E-state index < -0.39 is 0 Å². The van der Waals surface area contributed by atoms with Crippen LogP contribution in [-0.2, 0) is 0 Å². The van der Waals surface area contributed by atoms with Crippen LogP contribution in [0.1, 0.15) is 11.3 Å². The van der Waals surface area contributed by atoms with Crippen LogP contribution in [0.5, 0.6) is 0 Å². The molecule has 0 aliphatic rings. The highest BCUT2D eigenvalue weighted by atomic mass is 35.5. The number of aryl methyl sites for hydroxylation is 1. The fourth-order valence-corrected chi connectivity index (χ4v) is 4.30. The summed E-state index contributed by atoms with van der Waals surface area (Å²) in [6.45, 7) is 3.90. The summed E-state index contributed by atoms with van der Waals surface area (Å²) < 4.78 is 3.69. The standard InChI is InChI=1S/C20H15ClN8S/c1-12-10-17(29-19(25-12)23-11-24-29)30-20-27-26-18(14-6-8-22-9-7-14)28(20)16-5-3-4-15(21)13(16)2/h3-11H,1-2H3. The number of halogens is 1. The first kappa shape index (κ1) is 18.7. The summed E-state index contributed by atoms with van der Waals surface area (Å²) in [7, 11) is 0. The van der Waals surface area contributed by atoms with Crippen molar-refractivity contribution in [2.45, 2.75) is 24.0 Å². The first-order valence-electron chi connectivity index (χ1n) is 9.08. The molecule has 0 unspecified atom stereocenters. The van der Waals surface area contributed by atoms with E-state index in [0.29, 0.717) is 21.8 Å².